The molecule has 21 heavy (non-hydrogen) atoms. The molecular formula is C18H23NO2. The molecule has 0 aromatic heterocycles. The minimum absolute atomic E-state index is 0.157. The number of nitrogens with one attached hydrogen (secondary N) is 1. The molecule has 2 rings (SSSR count). The Kier molecular flexibility index (Phi) is 4.86. The highest BCUT2D eigenvalue weighted by atomic mass is 16.5. The fourth-order valence-corrected chi connectivity index (χ4v) is 2.25. The zero-order valence-electron chi connectivity index (χ0n) is 13.1. The average Bonchev–Trinajstić information content (AvgIpc) is 2.53. The van der Waals surface area contributed by atoms with Crippen LogP contribution in [-0.2, 0) is 12.1 Å². The topological polar surface area (TPSA) is 30.5 Å². The maximum Gasteiger partial charge on any atom is 0.161 e. The maximum atomic E-state index is 5.38. The predicted molar refractivity (Wildman–Crippen MR) is 85.9 cm³/mol. The van der Waals surface area contributed by atoms with Gasteiger partial charge in [0.1, 0.15) is 0 Å². The lowest BCUT2D eigenvalue weighted by atomic mass is 9.93. The second-order valence-corrected chi connectivity index (χ2v) is 5.53. The number of hydrogen-bond acceptors (Lipinski definition) is 3. The molecular weight excluding hydrogens is 262 g/mol. The van der Waals surface area contributed by atoms with Crippen LogP contribution in [0.4, 0.5) is 0 Å². The minimum atomic E-state index is -0.157. The zero-order valence-corrected chi connectivity index (χ0v) is 13.1. The van der Waals surface area contributed by atoms with Crippen molar-refractivity contribution in [3.63, 3.8) is 0 Å². The van der Waals surface area contributed by atoms with Gasteiger partial charge in [0, 0.05) is 12.1 Å². The normalized spacial score (nSPS) is 11.2. The molecule has 0 fully saturated rings. The summed E-state index contributed by atoms with van der Waals surface area (Å²) < 4.78 is 10.7. The molecule has 0 amide bonds. The number of ether oxygens (including phenoxy) is 2. The Morgan fingerprint density at radius 2 is 1.57 bits per heavy atom. The lowest BCUT2D eigenvalue weighted by Crippen LogP contribution is -2.35. The van der Waals surface area contributed by atoms with E-state index in [2.05, 4.69) is 49.5 Å². The van der Waals surface area contributed by atoms with Crippen LogP contribution in [-0.4, -0.2) is 14.2 Å². The van der Waals surface area contributed by atoms with Crippen molar-refractivity contribution >= 4 is 0 Å². The second-order valence-electron chi connectivity index (χ2n) is 5.53. The highest BCUT2D eigenvalue weighted by Crippen LogP contribution is 2.32. The van der Waals surface area contributed by atoms with E-state index in [1.807, 2.05) is 18.2 Å². The lowest BCUT2D eigenvalue weighted by Gasteiger charge is -2.28. The van der Waals surface area contributed by atoms with Crippen LogP contribution in [0.15, 0.2) is 48.5 Å². The van der Waals surface area contributed by atoms with Gasteiger partial charge in [-0.05, 0) is 37.1 Å². The molecule has 0 saturated heterocycles. The van der Waals surface area contributed by atoms with E-state index >= 15 is 0 Å². The molecule has 0 radical (unpaired) electrons. The van der Waals surface area contributed by atoms with E-state index in [0.29, 0.717) is 0 Å². The molecule has 0 unspecified atom stereocenters. The van der Waals surface area contributed by atoms with Crippen LogP contribution < -0.4 is 14.8 Å². The third kappa shape index (κ3) is 3.76. The number of benzene rings is 2. The summed E-state index contributed by atoms with van der Waals surface area (Å²) in [7, 11) is 3.31. The van der Waals surface area contributed by atoms with E-state index in [1.54, 1.807) is 14.2 Å². The van der Waals surface area contributed by atoms with Gasteiger partial charge in [0.15, 0.2) is 11.5 Å². The predicted octanol–water partition coefficient (Wildman–Crippen LogP) is 3.73. The van der Waals surface area contributed by atoms with Crippen LogP contribution in [0.25, 0.3) is 0 Å². The van der Waals surface area contributed by atoms with Gasteiger partial charge in [0.2, 0.25) is 0 Å². The fourth-order valence-electron chi connectivity index (χ4n) is 2.25. The van der Waals surface area contributed by atoms with Gasteiger partial charge in [-0.2, -0.15) is 0 Å². The monoisotopic (exact) mass is 285 g/mol. The van der Waals surface area contributed by atoms with Gasteiger partial charge in [-0.25, -0.2) is 0 Å². The molecule has 3 nitrogen and oxygen atoms in total. The van der Waals surface area contributed by atoms with Crippen LogP contribution in [0.1, 0.15) is 25.0 Å². The standard InChI is InChI=1S/C18H23NO2/c1-18(2,19-13-14-8-6-5-7-9-14)15-10-11-16(20-3)17(12-15)21-4/h5-12,19H,13H2,1-4H3. The van der Waals surface area contributed by atoms with E-state index in [9.17, 15) is 0 Å². The van der Waals surface area contributed by atoms with Crippen molar-refractivity contribution in [2.45, 2.75) is 25.9 Å². The first kappa shape index (κ1) is 15.4. The molecule has 3 heteroatoms. The van der Waals surface area contributed by atoms with Crippen LogP contribution in [0.5, 0.6) is 11.5 Å². The summed E-state index contributed by atoms with van der Waals surface area (Å²) in [5.74, 6) is 1.50. The van der Waals surface area contributed by atoms with Gasteiger partial charge in [-0.15, -0.1) is 0 Å². The summed E-state index contributed by atoms with van der Waals surface area (Å²) >= 11 is 0. The molecule has 2 aromatic carbocycles. The summed E-state index contributed by atoms with van der Waals surface area (Å²) in [5, 5.41) is 3.58. The van der Waals surface area contributed by atoms with E-state index < -0.39 is 0 Å². The van der Waals surface area contributed by atoms with Crippen molar-refractivity contribution in [1.29, 1.82) is 0 Å². The van der Waals surface area contributed by atoms with Crippen molar-refractivity contribution in [2.75, 3.05) is 14.2 Å². The third-order valence-electron chi connectivity index (χ3n) is 3.68. The second kappa shape index (κ2) is 6.64. The van der Waals surface area contributed by atoms with Crippen molar-refractivity contribution in [3.05, 3.63) is 59.7 Å². The Morgan fingerprint density at radius 1 is 0.905 bits per heavy atom. The van der Waals surface area contributed by atoms with Gasteiger partial charge >= 0.3 is 0 Å². The van der Waals surface area contributed by atoms with Gasteiger partial charge in [0.05, 0.1) is 14.2 Å². The highest BCUT2D eigenvalue weighted by Gasteiger charge is 2.21. The summed E-state index contributed by atoms with van der Waals surface area (Å²) in [6.45, 7) is 5.15. The molecule has 0 heterocycles. The third-order valence-corrected chi connectivity index (χ3v) is 3.68. The summed E-state index contributed by atoms with van der Waals surface area (Å²) in [5.41, 5.74) is 2.28. The average molecular weight is 285 g/mol. The SMILES string of the molecule is COc1ccc(C(C)(C)NCc2ccccc2)cc1OC. The van der Waals surface area contributed by atoms with Crippen molar-refractivity contribution in [3.8, 4) is 11.5 Å². The summed E-state index contributed by atoms with van der Waals surface area (Å²) in [6.07, 6.45) is 0. The Hall–Kier alpha value is -2.00. The molecule has 2 aromatic rings. The molecule has 0 saturated carbocycles. The first-order chi connectivity index (χ1) is 10.1. The van der Waals surface area contributed by atoms with Gasteiger partial charge in [0.25, 0.3) is 0 Å². The van der Waals surface area contributed by atoms with E-state index in [-0.39, 0.29) is 5.54 Å². The van der Waals surface area contributed by atoms with Crippen molar-refractivity contribution < 1.29 is 9.47 Å². The zero-order chi connectivity index (χ0) is 15.3. The molecule has 0 aliphatic rings. The first-order valence-corrected chi connectivity index (χ1v) is 7.08. The molecule has 0 aliphatic heterocycles. The quantitative estimate of drug-likeness (QED) is 0.877. The minimum Gasteiger partial charge on any atom is -0.493 e. The first-order valence-electron chi connectivity index (χ1n) is 7.08. The molecule has 0 aliphatic carbocycles. The molecule has 0 atom stereocenters. The summed E-state index contributed by atoms with van der Waals surface area (Å²) in [6, 6.07) is 16.4. The van der Waals surface area contributed by atoms with Crippen LogP contribution >= 0.6 is 0 Å². The Labute approximate surface area is 126 Å². The lowest BCUT2D eigenvalue weighted by molar-refractivity contribution is 0.350. The molecule has 112 valence electrons. The van der Waals surface area contributed by atoms with Crippen LogP contribution in [0, 0.1) is 0 Å². The molecule has 0 bridgehead atoms. The smallest absolute Gasteiger partial charge is 0.161 e. The number of hydrogen-bond donors (Lipinski definition) is 1. The number of rotatable bonds is 6. The molecule has 0 spiro atoms. The van der Waals surface area contributed by atoms with Gasteiger partial charge in [-0.1, -0.05) is 36.4 Å². The molecule has 1 N–H and O–H groups in total. The van der Waals surface area contributed by atoms with Crippen molar-refractivity contribution in [2.24, 2.45) is 0 Å². The summed E-state index contributed by atoms with van der Waals surface area (Å²) in [4.78, 5) is 0. The number of methoxy groups -OCH3 is 2. The fraction of sp³-hybridized carbons (Fsp3) is 0.333. The Morgan fingerprint density at radius 3 is 2.19 bits per heavy atom. The highest BCUT2D eigenvalue weighted by molar-refractivity contribution is 5.44. The van der Waals surface area contributed by atoms with Crippen LogP contribution in [0.3, 0.4) is 0 Å². The Bertz CT molecular complexity index is 579. The van der Waals surface area contributed by atoms with Crippen molar-refractivity contribution in [1.82, 2.24) is 5.32 Å². The largest absolute Gasteiger partial charge is 0.493 e. The van der Waals surface area contributed by atoms with E-state index in [1.165, 1.54) is 5.56 Å². The van der Waals surface area contributed by atoms with E-state index in [0.717, 1.165) is 23.6 Å². The Balaban J connectivity index is 2.15. The van der Waals surface area contributed by atoms with Gasteiger partial charge in [-0.3, -0.25) is 0 Å². The maximum absolute atomic E-state index is 5.38. The van der Waals surface area contributed by atoms with Gasteiger partial charge < -0.3 is 14.8 Å². The van der Waals surface area contributed by atoms with Crippen LogP contribution in [0.2, 0.25) is 0 Å². The van der Waals surface area contributed by atoms with E-state index in [4.69, 9.17) is 9.47 Å².